The van der Waals surface area contributed by atoms with Crippen LogP contribution in [0.25, 0.3) is 0 Å². The van der Waals surface area contributed by atoms with Crippen molar-refractivity contribution in [1.29, 1.82) is 0 Å². The van der Waals surface area contributed by atoms with E-state index in [0.29, 0.717) is 17.0 Å². The highest BCUT2D eigenvalue weighted by atomic mass is 79.9. The topological polar surface area (TPSA) is 67.4 Å². The number of benzene rings is 2. The second-order valence-corrected chi connectivity index (χ2v) is 7.87. The van der Waals surface area contributed by atoms with Gasteiger partial charge in [0.25, 0.3) is 11.8 Å². The number of ether oxygens (including phenoxy) is 1. The van der Waals surface area contributed by atoms with Crippen LogP contribution in [-0.4, -0.2) is 23.5 Å². The normalized spacial score (nSPS) is 12.2. The van der Waals surface area contributed by atoms with E-state index < -0.39 is 6.10 Å². The fourth-order valence-corrected chi connectivity index (χ4v) is 2.47. The maximum atomic E-state index is 12.5. The molecule has 2 N–H and O–H groups in total. The molecule has 0 saturated carbocycles. The van der Waals surface area contributed by atoms with Crippen LogP contribution in [0.2, 0.25) is 0 Å². The van der Waals surface area contributed by atoms with Crippen LogP contribution in [0.15, 0.2) is 53.0 Å². The maximum absolute atomic E-state index is 12.5. The highest BCUT2D eigenvalue weighted by molar-refractivity contribution is 9.10. The van der Waals surface area contributed by atoms with Gasteiger partial charge in [0.05, 0.1) is 11.3 Å². The zero-order chi connectivity index (χ0) is 19.3. The molecule has 0 aliphatic heterocycles. The van der Waals surface area contributed by atoms with Crippen molar-refractivity contribution in [3.63, 3.8) is 0 Å². The van der Waals surface area contributed by atoms with E-state index in [1.54, 1.807) is 43.3 Å². The molecule has 0 aromatic heterocycles. The van der Waals surface area contributed by atoms with Gasteiger partial charge in [-0.05, 0) is 64.1 Å². The van der Waals surface area contributed by atoms with Crippen LogP contribution in [0.5, 0.6) is 5.75 Å². The lowest BCUT2D eigenvalue weighted by Gasteiger charge is -2.22. The minimum atomic E-state index is -0.713. The van der Waals surface area contributed by atoms with Crippen molar-refractivity contribution in [2.75, 3.05) is 5.32 Å². The highest BCUT2D eigenvalue weighted by Crippen LogP contribution is 2.19. The van der Waals surface area contributed by atoms with Crippen LogP contribution in [0.1, 0.15) is 38.1 Å². The highest BCUT2D eigenvalue weighted by Gasteiger charge is 2.21. The summed E-state index contributed by atoms with van der Waals surface area (Å²) in [4.78, 5) is 24.9. The lowest BCUT2D eigenvalue weighted by Crippen LogP contribution is -2.41. The predicted molar refractivity (Wildman–Crippen MR) is 107 cm³/mol. The SMILES string of the molecule is C[C@@H](Oc1ccc(Br)cc1)C(=O)Nc1ccccc1C(=O)NC(C)(C)C. The monoisotopic (exact) mass is 418 g/mol. The molecule has 0 spiro atoms. The summed E-state index contributed by atoms with van der Waals surface area (Å²) in [5, 5.41) is 5.67. The van der Waals surface area contributed by atoms with E-state index in [0.717, 1.165) is 4.47 Å². The van der Waals surface area contributed by atoms with Gasteiger partial charge in [0.1, 0.15) is 5.75 Å². The third kappa shape index (κ3) is 5.88. The second-order valence-electron chi connectivity index (χ2n) is 6.95. The summed E-state index contributed by atoms with van der Waals surface area (Å²) >= 11 is 3.35. The van der Waals surface area contributed by atoms with Crippen LogP contribution >= 0.6 is 15.9 Å². The number of hydrogen-bond donors (Lipinski definition) is 2. The maximum Gasteiger partial charge on any atom is 0.265 e. The molecule has 2 aromatic carbocycles. The van der Waals surface area contributed by atoms with Crippen molar-refractivity contribution in [3.8, 4) is 5.75 Å². The Hall–Kier alpha value is -2.34. The van der Waals surface area contributed by atoms with E-state index in [-0.39, 0.29) is 17.4 Å². The molecular weight excluding hydrogens is 396 g/mol. The molecule has 6 heteroatoms. The van der Waals surface area contributed by atoms with E-state index in [4.69, 9.17) is 4.74 Å². The van der Waals surface area contributed by atoms with Crippen LogP contribution in [-0.2, 0) is 4.79 Å². The first kappa shape index (κ1) is 20.0. The fourth-order valence-electron chi connectivity index (χ4n) is 2.20. The summed E-state index contributed by atoms with van der Waals surface area (Å²) in [6, 6.07) is 14.1. The van der Waals surface area contributed by atoms with Gasteiger partial charge in [-0.15, -0.1) is 0 Å². The first-order chi connectivity index (χ1) is 12.2. The number of amides is 2. The summed E-state index contributed by atoms with van der Waals surface area (Å²) in [5.74, 6) is 0.0217. The Bertz CT molecular complexity index is 782. The minimum absolute atomic E-state index is 0.241. The van der Waals surface area contributed by atoms with Gasteiger partial charge in [0, 0.05) is 10.0 Å². The number of rotatable bonds is 5. The first-order valence-electron chi connectivity index (χ1n) is 8.30. The number of anilines is 1. The van der Waals surface area contributed by atoms with Gasteiger partial charge >= 0.3 is 0 Å². The third-order valence-electron chi connectivity index (χ3n) is 3.41. The first-order valence-corrected chi connectivity index (χ1v) is 9.09. The summed E-state index contributed by atoms with van der Waals surface area (Å²) in [6.07, 6.45) is -0.713. The quantitative estimate of drug-likeness (QED) is 0.756. The average Bonchev–Trinajstić information content (AvgIpc) is 2.55. The van der Waals surface area contributed by atoms with Crippen LogP contribution in [0.3, 0.4) is 0 Å². The van der Waals surface area contributed by atoms with Crippen molar-refractivity contribution in [2.24, 2.45) is 0 Å². The Balaban J connectivity index is 2.08. The number of carbonyl (C=O) groups excluding carboxylic acids is 2. The summed E-state index contributed by atoms with van der Waals surface area (Å²) < 4.78 is 6.58. The Kier molecular flexibility index (Phi) is 6.42. The molecule has 5 nitrogen and oxygen atoms in total. The van der Waals surface area contributed by atoms with Gasteiger partial charge in [0.15, 0.2) is 6.10 Å². The van der Waals surface area contributed by atoms with Crippen molar-refractivity contribution in [2.45, 2.75) is 39.3 Å². The largest absolute Gasteiger partial charge is 0.481 e. The van der Waals surface area contributed by atoms with Gasteiger partial charge < -0.3 is 15.4 Å². The number of carbonyl (C=O) groups is 2. The molecule has 0 radical (unpaired) electrons. The molecule has 2 rings (SSSR count). The molecular formula is C20H23BrN2O3. The summed E-state index contributed by atoms with van der Waals surface area (Å²) in [6.45, 7) is 7.37. The number of nitrogens with one attached hydrogen (secondary N) is 2. The molecule has 1 atom stereocenters. The van der Waals surface area contributed by atoms with E-state index in [1.807, 2.05) is 32.9 Å². The Labute approximate surface area is 162 Å². The standard InChI is InChI=1S/C20H23BrN2O3/c1-13(26-15-11-9-14(21)10-12-15)18(24)22-17-8-6-5-7-16(17)19(25)23-20(2,3)4/h5-13H,1-4H3,(H,22,24)(H,23,25)/t13-/m1/s1. The molecule has 0 unspecified atom stereocenters. The number of halogens is 1. The predicted octanol–water partition coefficient (Wildman–Crippen LogP) is 4.38. The average molecular weight is 419 g/mol. The second kappa shape index (κ2) is 8.36. The summed E-state index contributed by atoms with van der Waals surface area (Å²) in [7, 11) is 0. The van der Waals surface area contributed by atoms with E-state index in [9.17, 15) is 9.59 Å². The van der Waals surface area contributed by atoms with Gasteiger partial charge in [-0.2, -0.15) is 0 Å². The number of hydrogen-bond acceptors (Lipinski definition) is 3. The molecule has 0 heterocycles. The molecule has 0 aliphatic carbocycles. The lowest BCUT2D eigenvalue weighted by molar-refractivity contribution is -0.122. The molecule has 2 aromatic rings. The third-order valence-corrected chi connectivity index (χ3v) is 3.94. The van der Waals surface area contributed by atoms with Gasteiger partial charge in [-0.25, -0.2) is 0 Å². The van der Waals surface area contributed by atoms with Gasteiger partial charge in [-0.1, -0.05) is 28.1 Å². The molecule has 0 saturated heterocycles. The minimum Gasteiger partial charge on any atom is -0.481 e. The molecule has 0 bridgehead atoms. The molecule has 0 fully saturated rings. The Morgan fingerprint density at radius 3 is 2.27 bits per heavy atom. The molecule has 138 valence electrons. The van der Waals surface area contributed by atoms with Crippen LogP contribution in [0.4, 0.5) is 5.69 Å². The zero-order valence-electron chi connectivity index (χ0n) is 15.3. The van der Waals surface area contributed by atoms with Crippen molar-refractivity contribution < 1.29 is 14.3 Å². The van der Waals surface area contributed by atoms with Crippen molar-refractivity contribution in [1.82, 2.24) is 5.32 Å². The van der Waals surface area contributed by atoms with Crippen molar-refractivity contribution in [3.05, 3.63) is 58.6 Å². The smallest absolute Gasteiger partial charge is 0.265 e. The molecule has 26 heavy (non-hydrogen) atoms. The molecule has 0 aliphatic rings. The van der Waals surface area contributed by atoms with E-state index >= 15 is 0 Å². The fraction of sp³-hybridized carbons (Fsp3) is 0.300. The van der Waals surface area contributed by atoms with Gasteiger partial charge in [-0.3, -0.25) is 9.59 Å². The van der Waals surface area contributed by atoms with Gasteiger partial charge in [0.2, 0.25) is 0 Å². The number of para-hydroxylation sites is 1. The Morgan fingerprint density at radius 1 is 1.04 bits per heavy atom. The van der Waals surface area contributed by atoms with E-state index in [1.165, 1.54) is 0 Å². The van der Waals surface area contributed by atoms with E-state index in [2.05, 4.69) is 26.6 Å². The van der Waals surface area contributed by atoms with Crippen LogP contribution in [0, 0.1) is 0 Å². The van der Waals surface area contributed by atoms with Crippen molar-refractivity contribution >= 4 is 33.4 Å². The summed E-state index contributed by atoms with van der Waals surface area (Å²) in [5.41, 5.74) is 0.490. The Morgan fingerprint density at radius 2 is 1.65 bits per heavy atom. The van der Waals surface area contributed by atoms with Crippen LogP contribution < -0.4 is 15.4 Å². The lowest BCUT2D eigenvalue weighted by atomic mass is 10.1. The zero-order valence-corrected chi connectivity index (χ0v) is 16.9. The molecule has 2 amide bonds.